The van der Waals surface area contributed by atoms with E-state index in [4.69, 9.17) is 9.84 Å². The molecule has 1 aromatic carbocycles. The van der Waals surface area contributed by atoms with Crippen molar-refractivity contribution >= 4 is 11.8 Å². The average Bonchev–Trinajstić information content (AvgIpc) is 2.62. The molecule has 2 N–H and O–H groups in total. The minimum atomic E-state index is -0.913. The maximum Gasteiger partial charge on any atom is 0.335 e. The van der Waals surface area contributed by atoms with Crippen molar-refractivity contribution in [3.63, 3.8) is 0 Å². The van der Waals surface area contributed by atoms with E-state index < -0.39 is 5.97 Å². The Balaban J connectivity index is 1.81. The molecule has 0 spiro atoms. The highest BCUT2D eigenvalue weighted by Crippen LogP contribution is 2.25. The quantitative estimate of drug-likeness (QED) is 0.860. The lowest BCUT2D eigenvalue weighted by molar-refractivity contribution is -0.0159. The first-order valence-electron chi connectivity index (χ1n) is 8.24. The number of ether oxygens (including phenoxy) is 1. The highest BCUT2D eigenvalue weighted by atomic mass is 16.5. The molecule has 0 saturated carbocycles. The van der Waals surface area contributed by atoms with Crippen LogP contribution in [0.15, 0.2) is 30.3 Å². The summed E-state index contributed by atoms with van der Waals surface area (Å²) in [5, 5.41) is 12.1. The van der Waals surface area contributed by atoms with E-state index in [9.17, 15) is 4.79 Å². The first kappa shape index (κ1) is 17.3. The highest BCUT2D eigenvalue weighted by molar-refractivity contribution is 5.87. The zero-order valence-corrected chi connectivity index (χ0v) is 14.4. The second-order valence-electron chi connectivity index (χ2n) is 6.07. The first-order valence-corrected chi connectivity index (χ1v) is 8.24. The molecular formula is C18H22N4O3. The molecule has 0 radical (unpaired) electrons. The van der Waals surface area contributed by atoms with Crippen molar-refractivity contribution in [2.24, 2.45) is 0 Å². The van der Waals surface area contributed by atoms with Crippen molar-refractivity contribution in [3.05, 3.63) is 53.0 Å². The number of hydrogen-bond acceptors (Lipinski definition) is 6. The van der Waals surface area contributed by atoms with Gasteiger partial charge in [-0.1, -0.05) is 12.1 Å². The molecule has 2 heterocycles. The number of aryl methyl sites for hydroxylation is 1. The fourth-order valence-electron chi connectivity index (χ4n) is 2.92. The van der Waals surface area contributed by atoms with Gasteiger partial charge in [-0.15, -0.1) is 0 Å². The molecule has 1 saturated heterocycles. The second-order valence-corrected chi connectivity index (χ2v) is 6.07. The molecule has 132 valence electrons. The summed E-state index contributed by atoms with van der Waals surface area (Å²) < 4.78 is 5.65. The molecule has 1 aromatic heterocycles. The summed E-state index contributed by atoms with van der Waals surface area (Å²) in [5.74, 6) is 0.619. The van der Waals surface area contributed by atoms with Crippen molar-refractivity contribution in [2.45, 2.75) is 19.5 Å². The molecule has 1 aliphatic heterocycles. The van der Waals surface area contributed by atoms with Crippen LogP contribution in [-0.4, -0.2) is 52.7 Å². The fourth-order valence-corrected chi connectivity index (χ4v) is 2.92. The normalized spacial score (nSPS) is 18.1. The highest BCUT2D eigenvalue weighted by Gasteiger charge is 2.27. The molecule has 2 aromatic rings. The first-order chi connectivity index (χ1) is 12.1. The van der Waals surface area contributed by atoms with Crippen LogP contribution < -0.4 is 5.32 Å². The Labute approximate surface area is 146 Å². The van der Waals surface area contributed by atoms with Crippen molar-refractivity contribution in [2.75, 3.05) is 32.1 Å². The van der Waals surface area contributed by atoms with E-state index in [0.717, 1.165) is 29.4 Å². The summed E-state index contributed by atoms with van der Waals surface area (Å²) in [7, 11) is 1.84. The average molecular weight is 342 g/mol. The molecule has 1 fully saturated rings. The van der Waals surface area contributed by atoms with Crippen LogP contribution in [0.4, 0.5) is 5.82 Å². The lowest BCUT2D eigenvalue weighted by Crippen LogP contribution is -2.40. The standard InChI is InChI=1S/C18H22N4O3/c1-12-9-16(19-2)21-17(20-12)15-11-25-8-7-22(15)10-13-3-5-14(6-4-13)18(23)24/h3-6,9,15H,7-8,10-11H2,1-2H3,(H,23,24)(H,19,20,21)/t15-/m0/s1. The van der Waals surface area contributed by atoms with Crippen molar-refractivity contribution in [1.82, 2.24) is 14.9 Å². The van der Waals surface area contributed by atoms with Crippen molar-refractivity contribution < 1.29 is 14.6 Å². The molecule has 0 bridgehead atoms. The molecule has 25 heavy (non-hydrogen) atoms. The minimum Gasteiger partial charge on any atom is -0.478 e. The fraction of sp³-hybridized carbons (Fsp3) is 0.389. The number of aromatic carboxylic acids is 1. The Bertz CT molecular complexity index is 748. The predicted molar refractivity (Wildman–Crippen MR) is 93.7 cm³/mol. The molecule has 7 nitrogen and oxygen atoms in total. The van der Waals surface area contributed by atoms with E-state index in [2.05, 4.69) is 20.2 Å². The van der Waals surface area contributed by atoms with Crippen LogP contribution >= 0.6 is 0 Å². The summed E-state index contributed by atoms with van der Waals surface area (Å²) in [5.41, 5.74) is 2.26. The number of morpholine rings is 1. The van der Waals surface area contributed by atoms with Gasteiger partial charge in [0.15, 0.2) is 0 Å². The molecule has 0 aliphatic carbocycles. The van der Waals surface area contributed by atoms with Crippen LogP contribution in [0.2, 0.25) is 0 Å². The van der Waals surface area contributed by atoms with E-state index in [0.29, 0.717) is 25.3 Å². The summed E-state index contributed by atoms with van der Waals surface area (Å²) in [6, 6.07) is 8.85. The van der Waals surface area contributed by atoms with Crippen LogP contribution in [0, 0.1) is 6.92 Å². The van der Waals surface area contributed by atoms with Crippen molar-refractivity contribution in [3.8, 4) is 0 Å². The number of anilines is 1. The smallest absolute Gasteiger partial charge is 0.335 e. The van der Waals surface area contributed by atoms with Gasteiger partial charge in [0.1, 0.15) is 11.6 Å². The zero-order valence-electron chi connectivity index (χ0n) is 14.4. The Hall–Kier alpha value is -2.51. The number of aromatic nitrogens is 2. The molecule has 0 amide bonds. The largest absolute Gasteiger partial charge is 0.478 e. The third-order valence-electron chi connectivity index (χ3n) is 4.25. The van der Waals surface area contributed by atoms with E-state index in [1.165, 1.54) is 0 Å². The molecular weight excluding hydrogens is 320 g/mol. The summed E-state index contributed by atoms with van der Waals surface area (Å²) in [6.45, 7) is 4.62. The van der Waals surface area contributed by atoms with Crippen LogP contribution in [0.3, 0.4) is 0 Å². The third-order valence-corrected chi connectivity index (χ3v) is 4.25. The van der Waals surface area contributed by atoms with Gasteiger partial charge in [-0.2, -0.15) is 0 Å². The maximum atomic E-state index is 11.0. The van der Waals surface area contributed by atoms with Crippen LogP contribution in [0.5, 0.6) is 0 Å². The number of rotatable bonds is 5. The predicted octanol–water partition coefficient (Wildman–Crippen LogP) is 2.10. The van der Waals surface area contributed by atoms with Gasteiger partial charge >= 0.3 is 5.97 Å². The van der Waals surface area contributed by atoms with Gasteiger partial charge in [-0.05, 0) is 24.6 Å². The van der Waals surface area contributed by atoms with E-state index in [1.54, 1.807) is 12.1 Å². The van der Waals surface area contributed by atoms with E-state index in [-0.39, 0.29) is 6.04 Å². The monoisotopic (exact) mass is 342 g/mol. The Morgan fingerprint density at radius 2 is 2.12 bits per heavy atom. The number of hydrogen-bond donors (Lipinski definition) is 2. The lowest BCUT2D eigenvalue weighted by atomic mass is 10.1. The van der Waals surface area contributed by atoms with Crippen LogP contribution in [0.1, 0.15) is 33.5 Å². The molecule has 7 heteroatoms. The third kappa shape index (κ3) is 4.12. The van der Waals surface area contributed by atoms with Gasteiger partial charge in [0.25, 0.3) is 0 Å². The van der Waals surface area contributed by atoms with Gasteiger partial charge < -0.3 is 15.2 Å². The number of carboxylic acids is 1. The molecule has 1 atom stereocenters. The van der Waals surface area contributed by atoms with Gasteiger partial charge in [-0.25, -0.2) is 14.8 Å². The van der Waals surface area contributed by atoms with Gasteiger partial charge in [0.05, 0.1) is 24.8 Å². The van der Waals surface area contributed by atoms with E-state index in [1.807, 2.05) is 32.2 Å². The van der Waals surface area contributed by atoms with E-state index >= 15 is 0 Å². The summed E-state index contributed by atoms with van der Waals surface area (Å²) in [6.07, 6.45) is 0. The van der Waals surface area contributed by atoms with Gasteiger partial charge in [0.2, 0.25) is 0 Å². The van der Waals surface area contributed by atoms with Gasteiger partial charge in [-0.3, -0.25) is 4.90 Å². The Kier molecular flexibility index (Phi) is 5.25. The number of carbonyl (C=O) groups is 1. The zero-order chi connectivity index (χ0) is 17.8. The summed E-state index contributed by atoms with van der Waals surface area (Å²) in [4.78, 5) is 22.4. The molecule has 1 aliphatic rings. The molecule has 0 unspecified atom stereocenters. The van der Waals surface area contributed by atoms with Crippen LogP contribution in [0.25, 0.3) is 0 Å². The SMILES string of the molecule is CNc1cc(C)nc([C@@H]2COCCN2Cc2ccc(C(=O)O)cc2)n1. The maximum absolute atomic E-state index is 11.0. The molecule has 3 rings (SSSR count). The number of carboxylic acid groups (broad SMARTS) is 1. The number of nitrogens with zero attached hydrogens (tertiary/aromatic N) is 3. The minimum absolute atomic E-state index is 0.0279. The van der Waals surface area contributed by atoms with Crippen LogP contribution in [-0.2, 0) is 11.3 Å². The van der Waals surface area contributed by atoms with Crippen molar-refractivity contribution in [1.29, 1.82) is 0 Å². The topological polar surface area (TPSA) is 87.6 Å². The lowest BCUT2D eigenvalue weighted by Gasteiger charge is -2.34. The summed E-state index contributed by atoms with van der Waals surface area (Å²) >= 11 is 0. The Morgan fingerprint density at radius 3 is 2.80 bits per heavy atom. The number of nitrogens with one attached hydrogen (secondary N) is 1. The Morgan fingerprint density at radius 1 is 1.36 bits per heavy atom. The second kappa shape index (κ2) is 7.58. The van der Waals surface area contributed by atoms with Gasteiger partial charge in [0, 0.05) is 31.9 Å². The number of benzene rings is 1.